The van der Waals surface area contributed by atoms with Gasteiger partial charge in [-0.05, 0) is 26.5 Å². The van der Waals surface area contributed by atoms with Crippen molar-refractivity contribution >= 4 is 0 Å². The van der Waals surface area contributed by atoms with E-state index in [1.807, 2.05) is 13.1 Å². The Hall–Kier alpha value is -1.02. The Morgan fingerprint density at radius 3 is 2.86 bits per heavy atom. The molecule has 1 N–H and O–H groups in total. The fourth-order valence-corrected chi connectivity index (χ4v) is 1.66. The van der Waals surface area contributed by atoms with Crippen LogP contribution >= 0.6 is 0 Å². The average molecular weight is 193 g/mol. The van der Waals surface area contributed by atoms with E-state index in [0.29, 0.717) is 6.04 Å². The molecule has 0 spiro atoms. The van der Waals surface area contributed by atoms with E-state index in [0.717, 1.165) is 18.6 Å². The van der Waals surface area contributed by atoms with Crippen LogP contribution < -0.4 is 5.32 Å². The number of rotatable bonds is 5. The van der Waals surface area contributed by atoms with Gasteiger partial charge in [0.1, 0.15) is 5.76 Å². The lowest BCUT2D eigenvalue weighted by atomic mass is 10.0. The van der Waals surface area contributed by atoms with Gasteiger partial charge in [0.2, 0.25) is 0 Å². The Kier molecular flexibility index (Phi) is 3.96. The van der Waals surface area contributed by atoms with Crippen molar-refractivity contribution in [2.45, 2.75) is 32.7 Å². The van der Waals surface area contributed by atoms with E-state index in [2.05, 4.69) is 25.7 Å². The molecule has 0 bridgehead atoms. The summed E-state index contributed by atoms with van der Waals surface area (Å²) in [5.74, 6) is 1.07. The van der Waals surface area contributed by atoms with E-state index in [9.17, 15) is 0 Å². The van der Waals surface area contributed by atoms with Crippen molar-refractivity contribution in [3.63, 3.8) is 0 Å². The summed E-state index contributed by atoms with van der Waals surface area (Å²) in [6, 6.07) is 2.38. The SMILES string of the molecule is C=C(C)CC(NC)c1ccoc1CC. The van der Waals surface area contributed by atoms with E-state index in [1.165, 1.54) is 11.1 Å². The summed E-state index contributed by atoms with van der Waals surface area (Å²) in [5, 5.41) is 3.29. The molecule has 1 heterocycles. The van der Waals surface area contributed by atoms with Crippen molar-refractivity contribution in [2.75, 3.05) is 7.05 Å². The van der Waals surface area contributed by atoms with Crippen LogP contribution in [-0.2, 0) is 6.42 Å². The van der Waals surface area contributed by atoms with Gasteiger partial charge in [-0.2, -0.15) is 0 Å². The molecule has 0 aromatic carbocycles. The van der Waals surface area contributed by atoms with Crippen LogP contribution in [0.5, 0.6) is 0 Å². The summed E-state index contributed by atoms with van der Waals surface area (Å²) in [4.78, 5) is 0. The lowest BCUT2D eigenvalue weighted by molar-refractivity contribution is 0.495. The zero-order chi connectivity index (χ0) is 10.6. The first-order valence-electron chi connectivity index (χ1n) is 5.07. The van der Waals surface area contributed by atoms with E-state index in [1.54, 1.807) is 6.26 Å². The van der Waals surface area contributed by atoms with Crippen molar-refractivity contribution in [1.29, 1.82) is 0 Å². The normalized spacial score (nSPS) is 12.8. The Labute approximate surface area is 86.0 Å². The van der Waals surface area contributed by atoms with Gasteiger partial charge in [-0.3, -0.25) is 0 Å². The Balaban J connectivity index is 2.82. The summed E-state index contributed by atoms with van der Waals surface area (Å²) >= 11 is 0. The Morgan fingerprint density at radius 1 is 1.64 bits per heavy atom. The molecule has 0 radical (unpaired) electrons. The quantitative estimate of drug-likeness (QED) is 0.727. The summed E-state index contributed by atoms with van der Waals surface area (Å²) in [5.41, 5.74) is 2.45. The molecule has 1 atom stereocenters. The molecule has 1 unspecified atom stereocenters. The minimum atomic E-state index is 0.334. The van der Waals surface area contributed by atoms with Gasteiger partial charge in [0, 0.05) is 18.0 Å². The Bertz CT molecular complexity index is 301. The maximum absolute atomic E-state index is 5.41. The van der Waals surface area contributed by atoms with Crippen molar-refractivity contribution in [1.82, 2.24) is 5.32 Å². The van der Waals surface area contributed by atoms with Crippen LogP contribution in [0.3, 0.4) is 0 Å². The molecule has 1 rings (SSSR count). The standard InChI is InChI=1S/C12H19NO/c1-5-12-10(6-7-14-12)11(13-4)8-9(2)3/h6-7,11,13H,2,5,8H2,1,3-4H3. The molecular formula is C12H19NO. The van der Waals surface area contributed by atoms with Gasteiger partial charge in [0.25, 0.3) is 0 Å². The zero-order valence-electron chi connectivity index (χ0n) is 9.26. The van der Waals surface area contributed by atoms with Crippen LogP contribution in [-0.4, -0.2) is 7.05 Å². The van der Waals surface area contributed by atoms with E-state index >= 15 is 0 Å². The molecule has 14 heavy (non-hydrogen) atoms. The lowest BCUT2D eigenvalue weighted by Gasteiger charge is -2.15. The summed E-state index contributed by atoms with van der Waals surface area (Å²) < 4.78 is 5.41. The average Bonchev–Trinajstić information content (AvgIpc) is 2.61. The molecule has 0 aliphatic carbocycles. The Morgan fingerprint density at radius 2 is 2.36 bits per heavy atom. The number of furan rings is 1. The highest BCUT2D eigenvalue weighted by Gasteiger charge is 2.14. The second-order valence-electron chi connectivity index (χ2n) is 3.66. The van der Waals surface area contributed by atoms with Crippen LogP contribution in [0.1, 0.15) is 37.6 Å². The van der Waals surface area contributed by atoms with Crippen molar-refractivity contribution in [3.05, 3.63) is 35.8 Å². The highest BCUT2D eigenvalue weighted by molar-refractivity contribution is 5.22. The monoisotopic (exact) mass is 193 g/mol. The van der Waals surface area contributed by atoms with E-state index < -0.39 is 0 Å². The first-order valence-corrected chi connectivity index (χ1v) is 5.07. The van der Waals surface area contributed by atoms with Crippen LogP contribution in [0.25, 0.3) is 0 Å². The van der Waals surface area contributed by atoms with Crippen LogP contribution in [0.2, 0.25) is 0 Å². The predicted octanol–water partition coefficient (Wildman–Crippen LogP) is 3.07. The molecule has 0 fully saturated rings. The van der Waals surface area contributed by atoms with Crippen LogP contribution in [0, 0.1) is 0 Å². The fourth-order valence-electron chi connectivity index (χ4n) is 1.66. The third-order valence-electron chi connectivity index (χ3n) is 2.38. The van der Waals surface area contributed by atoms with Gasteiger partial charge in [0.15, 0.2) is 0 Å². The van der Waals surface area contributed by atoms with E-state index in [4.69, 9.17) is 4.42 Å². The topological polar surface area (TPSA) is 25.2 Å². The van der Waals surface area contributed by atoms with Gasteiger partial charge in [0.05, 0.1) is 6.26 Å². The third kappa shape index (κ3) is 2.48. The predicted molar refractivity (Wildman–Crippen MR) is 59.3 cm³/mol. The molecule has 78 valence electrons. The second kappa shape index (κ2) is 5.01. The molecule has 1 aromatic heterocycles. The molecule has 0 aliphatic rings. The minimum Gasteiger partial charge on any atom is -0.469 e. The summed E-state index contributed by atoms with van der Waals surface area (Å²) in [6.45, 7) is 8.10. The van der Waals surface area contributed by atoms with E-state index in [-0.39, 0.29) is 0 Å². The molecular weight excluding hydrogens is 174 g/mol. The maximum Gasteiger partial charge on any atom is 0.108 e. The molecule has 2 nitrogen and oxygen atoms in total. The highest BCUT2D eigenvalue weighted by atomic mass is 16.3. The fraction of sp³-hybridized carbons (Fsp3) is 0.500. The molecule has 0 saturated heterocycles. The van der Waals surface area contributed by atoms with Crippen molar-refractivity contribution < 1.29 is 4.42 Å². The van der Waals surface area contributed by atoms with Gasteiger partial charge in [-0.1, -0.05) is 12.5 Å². The second-order valence-corrected chi connectivity index (χ2v) is 3.66. The summed E-state index contributed by atoms with van der Waals surface area (Å²) in [6.07, 6.45) is 3.66. The smallest absolute Gasteiger partial charge is 0.108 e. The molecule has 0 saturated carbocycles. The van der Waals surface area contributed by atoms with Gasteiger partial charge in [-0.15, -0.1) is 6.58 Å². The third-order valence-corrected chi connectivity index (χ3v) is 2.38. The number of nitrogens with one attached hydrogen (secondary N) is 1. The largest absolute Gasteiger partial charge is 0.469 e. The van der Waals surface area contributed by atoms with Gasteiger partial charge >= 0.3 is 0 Å². The molecule has 1 aromatic rings. The summed E-state index contributed by atoms with van der Waals surface area (Å²) in [7, 11) is 1.97. The van der Waals surface area contributed by atoms with Crippen LogP contribution in [0.15, 0.2) is 28.9 Å². The number of hydrogen-bond acceptors (Lipinski definition) is 2. The number of aryl methyl sites for hydroxylation is 1. The minimum absolute atomic E-state index is 0.334. The van der Waals surface area contributed by atoms with Crippen molar-refractivity contribution in [3.8, 4) is 0 Å². The number of hydrogen-bond donors (Lipinski definition) is 1. The zero-order valence-corrected chi connectivity index (χ0v) is 9.26. The first-order chi connectivity index (χ1) is 6.69. The highest BCUT2D eigenvalue weighted by Crippen LogP contribution is 2.24. The molecule has 0 aliphatic heterocycles. The van der Waals surface area contributed by atoms with Crippen LogP contribution in [0.4, 0.5) is 0 Å². The first kappa shape index (κ1) is 11.1. The van der Waals surface area contributed by atoms with Crippen molar-refractivity contribution in [2.24, 2.45) is 0 Å². The maximum atomic E-state index is 5.41. The van der Waals surface area contributed by atoms with Gasteiger partial charge < -0.3 is 9.73 Å². The molecule has 0 amide bonds. The molecule has 2 heteroatoms. The van der Waals surface area contributed by atoms with Gasteiger partial charge in [-0.25, -0.2) is 0 Å². The lowest BCUT2D eigenvalue weighted by Crippen LogP contribution is -2.17.